The minimum Gasteiger partial charge on any atom is -0.480 e. The van der Waals surface area contributed by atoms with Crippen molar-refractivity contribution in [1.29, 1.82) is 5.26 Å². The second kappa shape index (κ2) is 4.80. The minimum absolute atomic E-state index is 0.0859. The van der Waals surface area contributed by atoms with E-state index < -0.39 is 6.10 Å². The smallest absolute Gasteiger partial charge is 0.321 e. The maximum Gasteiger partial charge on any atom is 0.321 e. The molecule has 0 saturated heterocycles. The Morgan fingerprint density at radius 1 is 1.47 bits per heavy atom. The lowest BCUT2D eigenvalue weighted by atomic mass is 10.4. The Hall–Kier alpha value is -1.54. The molecule has 1 unspecified atom stereocenters. The third kappa shape index (κ3) is 2.70. The average Bonchev–Trinajstić information content (AvgIpc) is 2.22. The standard InChI is InChI=1S/C9H10ClN3O2/c1-5(4-11)15-9-12-6(2)7(10)8(13-9)14-3/h5H,1-3H3. The molecule has 15 heavy (non-hydrogen) atoms. The summed E-state index contributed by atoms with van der Waals surface area (Å²) in [6.45, 7) is 3.30. The van der Waals surface area contributed by atoms with Gasteiger partial charge < -0.3 is 9.47 Å². The van der Waals surface area contributed by atoms with E-state index in [9.17, 15) is 0 Å². The molecule has 1 atom stereocenters. The molecule has 80 valence electrons. The molecule has 0 radical (unpaired) electrons. The fourth-order valence-electron chi connectivity index (χ4n) is 0.881. The lowest BCUT2D eigenvalue weighted by molar-refractivity contribution is 0.248. The van der Waals surface area contributed by atoms with Crippen LogP contribution in [-0.2, 0) is 0 Å². The van der Waals surface area contributed by atoms with Gasteiger partial charge in [0.2, 0.25) is 5.88 Å². The van der Waals surface area contributed by atoms with E-state index in [4.69, 9.17) is 26.3 Å². The number of hydrogen-bond acceptors (Lipinski definition) is 5. The van der Waals surface area contributed by atoms with Crippen molar-refractivity contribution in [2.45, 2.75) is 20.0 Å². The summed E-state index contributed by atoms with van der Waals surface area (Å²) in [6.07, 6.45) is -0.615. The molecule has 0 aliphatic carbocycles. The van der Waals surface area contributed by atoms with Gasteiger partial charge in [0.05, 0.1) is 12.8 Å². The zero-order valence-electron chi connectivity index (χ0n) is 8.61. The number of hydrogen-bond donors (Lipinski definition) is 0. The average molecular weight is 228 g/mol. The molecule has 0 N–H and O–H groups in total. The molecule has 0 fully saturated rings. The van der Waals surface area contributed by atoms with Gasteiger partial charge in [-0.1, -0.05) is 11.6 Å². The number of ether oxygens (including phenoxy) is 2. The van der Waals surface area contributed by atoms with Gasteiger partial charge in [-0.15, -0.1) is 0 Å². The van der Waals surface area contributed by atoms with Crippen molar-refractivity contribution in [3.8, 4) is 18.0 Å². The molecule has 5 nitrogen and oxygen atoms in total. The normalized spacial score (nSPS) is 11.7. The highest BCUT2D eigenvalue weighted by atomic mass is 35.5. The van der Waals surface area contributed by atoms with Crippen molar-refractivity contribution in [2.75, 3.05) is 7.11 Å². The summed E-state index contributed by atoms with van der Waals surface area (Å²) in [5.41, 5.74) is 0.545. The number of nitriles is 1. The monoisotopic (exact) mass is 227 g/mol. The van der Waals surface area contributed by atoms with Crippen molar-refractivity contribution >= 4 is 11.6 Å². The van der Waals surface area contributed by atoms with Crippen LogP contribution in [-0.4, -0.2) is 23.2 Å². The fourth-order valence-corrected chi connectivity index (χ4v) is 1.04. The number of halogens is 1. The second-order valence-corrected chi connectivity index (χ2v) is 3.18. The summed E-state index contributed by atoms with van der Waals surface area (Å²) in [7, 11) is 1.45. The van der Waals surface area contributed by atoms with E-state index in [0.717, 1.165) is 0 Å². The Morgan fingerprint density at radius 3 is 2.67 bits per heavy atom. The van der Waals surface area contributed by atoms with Crippen LogP contribution >= 0.6 is 11.6 Å². The Kier molecular flexibility index (Phi) is 3.69. The first kappa shape index (κ1) is 11.5. The number of aryl methyl sites for hydroxylation is 1. The molecule has 0 saturated carbocycles. The van der Waals surface area contributed by atoms with Gasteiger partial charge in [-0.25, -0.2) is 0 Å². The van der Waals surface area contributed by atoms with Crippen LogP contribution in [0.3, 0.4) is 0 Å². The largest absolute Gasteiger partial charge is 0.480 e. The maximum absolute atomic E-state index is 8.56. The lowest BCUT2D eigenvalue weighted by Gasteiger charge is -2.09. The summed E-state index contributed by atoms with van der Waals surface area (Å²) < 4.78 is 10.1. The summed E-state index contributed by atoms with van der Waals surface area (Å²) in [5.74, 6) is 0.240. The molecule has 1 heterocycles. The van der Waals surface area contributed by atoms with E-state index in [2.05, 4.69) is 9.97 Å². The Morgan fingerprint density at radius 2 is 2.13 bits per heavy atom. The van der Waals surface area contributed by atoms with Gasteiger partial charge in [0.25, 0.3) is 0 Å². The molecule has 0 aliphatic rings. The van der Waals surface area contributed by atoms with Gasteiger partial charge in [0.1, 0.15) is 11.1 Å². The first-order valence-electron chi connectivity index (χ1n) is 4.23. The summed E-state index contributed by atoms with van der Waals surface area (Å²) in [6, 6.07) is 1.99. The third-order valence-corrected chi connectivity index (χ3v) is 2.06. The molecule has 0 aliphatic heterocycles. The zero-order chi connectivity index (χ0) is 11.4. The van der Waals surface area contributed by atoms with E-state index >= 15 is 0 Å². The predicted molar refractivity (Wildman–Crippen MR) is 54.0 cm³/mol. The first-order chi connectivity index (χ1) is 7.08. The molecule has 1 aromatic rings. The van der Waals surface area contributed by atoms with Crippen LogP contribution in [0.4, 0.5) is 0 Å². The third-order valence-electron chi connectivity index (χ3n) is 1.62. The van der Waals surface area contributed by atoms with Gasteiger partial charge in [-0.3, -0.25) is 0 Å². The van der Waals surface area contributed by atoms with Crippen molar-refractivity contribution in [3.05, 3.63) is 10.7 Å². The Balaban J connectivity index is 3.02. The lowest BCUT2D eigenvalue weighted by Crippen LogP contribution is -2.11. The van der Waals surface area contributed by atoms with E-state index in [1.807, 2.05) is 6.07 Å². The van der Waals surface area contributed by atoms with Gasteiger partial charge in [0, 0.05) is 0 Å². The fraction of sp³-hybridized carbons (Fsp3) is 0.444. The van der Waals surface area contributed by atoms with E-state index in [-0.39, 0.29) is 11.9 Å². The highest BCUT2D eigenvalue weighted by molar-refractivity contribution is 6.32. The molecule has 0 spiro atoms. The predicted octanol–water partition coefficient (Wildman–Crippen LogP) is 1.74. The van der Waals surface area contributed by atoms with Gasteiger partial charge in [0.15, 0.2) is 6.10 Å². The van der Waals surface area contributed by atoms with Crippen LogP contribution in [0.15, 0.2) is 0 Å². The van der Waals surface area contributed by atoms with Gasteiger partial charge in [-0.05, 0) is 13.8 Å². The number of methoxy groups -OCH3 is 1. The van der Waals surface area contributed by atoms with E-state index in [0.29, 0.717) is 10.7 Å². The van der Waals surface area contributed by atoms with Crippen LogP contribution in [0, 0.1) is 18.3 Å². The van der Waals surface area contributed by atoms with Crippen LogP contribution in [0.25, 0.3) is 0 Å². The quantitative estimate of drug-likeness (QED) is 0.787. The molecule has 1 rings (SSSR count). The molecular weight excluding hydrogens is 218 g/mol. The topological polar surface area (TPSA) is 68.0 Å². The number of aromatic nitrogens is 2. The SMILES string of the molecule is COc1nc(OC(C)C#N)nc(C)c1Cl. The van der Waals surface area contributed by atoms with Crippen molar-refractivity contribution in [2.24, 2.45) is 0 Å². The van der Waals surface area contributed by atoms with Gasteiger partial charge in [-0.2, -0.15) is 15.2 Å². The van der Waals surface area contributed by atoms with Crippen LogP contribution in [0.1, 0.15) is 12.6 Å². The number of nitrogens with zero attached hydrogens (tertiary/aromatic N) is 3. The Labute approximate surface area is 92.6 Å². The molecule has 0 aromatic carbocycles. The summed E-state index contributed by atoms with van der Waals surface area (Å²) in [4.78, 5) is 7.87. The van der Waals surface area contributed by atoms with E-state index in [1.165, 1.54) is 7.11 Å². The van der Waals surface area contributed by atoms with Crippen LogP contribution in [0.5, 0.6) is 11.9 Å². The molecule has 0 amide bonds. The van der Waals surface area contributed by atoms with Crippen molar-refractivity contribution in [1.82, 2.24) is 9.97 Å². The highest BCUT2D eigenvalue weighted by Crippen LogP contribution is 2.26. The van der Waals surface area contributed by atoms with Gasteiger partial charge >= 0.3 is 6.01 Å². The van der Waals surface area contributed by atoms with Crippen LogP contribution < -0.4 is 9.47 Å². The first-order valence-corrected chi connectivity index (χ1v) is 4.60. The minimum atomic E-state index is -0.615. The molecular formula is C9H10ClN3O2. The second-order valence-electron chi connectivity index (χ2n) is 2.80. The maximum atomic E-state index is 8.56. The molecule has 0 bridgehead atoms. The molecule has 6 heteroatoms. The summed E-state index contributed by atoms with van der Waals surface area (Å²) in [5, 5.41) is 8.90. The van der Waals surface area contributed by atoms with Crippen molar-refractivity contribution in [3.63, 3.8) is 0 Å². The van der Waals surface area contributed by atoms with E-state index in [1.54, 1.807) is 13.8 Å². The number of rotatable bonds is 3. The van der Waals surface area contributed by atoms with Crippen molar-refractivity contribution < 1.29 is 9.47 Å². The highest BCUT2D eigenvalue weighted by Gasteiger charge is 2.12. The molecule has 1 aromatic heterocycles. The Bertz CT molecular complexity index is 403. The summed E-state index contributed by atoms with van der Waals surface area (Å²) >= 11 is 5.87. The zero-order valence-corrected chi connectivity index (χ0v) is 9.37. The van der Waals surface area contributed by atoms with Crippen LogP contribution in [0.2, 0.25) is 5.02 Å².